The van der Waals surface area contributed by atoms with Crippen LogP contribution in [0.5, 0.6) is 0 Å². The predicted octanol–water partition coefficient (Wildman–Crippen LogP) is 2.01. The normalized spacial score (nSPS) is 14.0. The summed E-state index contributed by atoms with van der Waals surface area (Å²) in [5.41, 5.74) is 0.102. The summed E-state index contributed by atoms with van der Waals surface area (Å²) in [6.07, 6.45) is 0.259. The average molecular weight is 198 g/mol. The highest BCUT2D eigenvalue weighted by Crippen LogP contribution is 2.14. The zero-order valence-electron chi connectivity index (χ0n) is 8.97. The SMILES string of the molecule is CC(=O)N(C)C(C)C/C(C#N)=C(\C)F. The van der Waals surface area contributed by atoms with Crippen molar-refractivity contribution in [2.45, 2.75) is 33.2 Å². The molecule has 78 valence electrons. The van der Waals surface area contributed by atoms with E-state index in [0.717, 1.165) is 0 Å². The number of amides is 1. The number of allylic oxidation sites excluding steroid dienone is 1. The van der Waals surface area contributed by atoms with Gasteiger partial charge in [-0.3, -0.25) is 4.79 Å². The van der Waals surface area contributed by atoms with Crippen LogP contribution >= 0.6 is 0 Å². The monoisotopic (exact) mass is 198 g/mol. The van der Waals surface area contributed by atoms with E-state index in [-0.39, 0.29) is 23.9 Å². The largest absolute Gasteiger partial charge is 0.343 e. The molecule has 3 nitrogen and oxygen atoms in total. The van der Waals surface area contributed by atoms with Crippen LogP contribution in [0.1, 0.15) is 27.2 Å². The maximum atomic E-state index is 12.7. The molecule has 0 aromatic rings. The second kappa shape index (κ2) is 5.38. The Morgan fingerprint density at radius 3 is 2.36 bits per heavy atom. The molecule has 0 saturated carbocycles. The zero-order valence-corrected chi connectivity index (χ0v) is 8.97. The predicted molar refractivity (Wildman–Crippen MR) is 51.9 cm³/mol. The van der Waals surface area contributed by atoms with Gasteiger partial charge < -0.3 is 4.90 Å². The summed E-state index contributed by atoms with van der Waals surface area (Å²) in [4.78, 5) is 12.4. The van der Waals surface area contributed by atoms with Crippen molar-refractivity contribution in [3.8, 4) is 6.07 Å². The summed E-state index contributed by atoms with van der Waals surface area (Å²) in [6, 6.07) is 1.63. The van der Waals surface area contributed by atoms with Gasteiger partial charge in [0.15, 0.2) is 0 Å². The van der Waals surface area contributed by atoms with Crippen LogP contribution in [0.15, 0.2) is 11.4 Å². The van der Waals surface area contributed by atoms with Crippen molar-refractivity contribution in [1.29, 1.82) is 5.26 Å². The summed E-state index contributed by atoms with van der Waals surface area (Å²) in [6.45, 7) is 4.47. The fourth-order valence-electron chi connectivity index (χ4n) is 1.01. The minimum atomic E-state index is -0.476. The van der Waals surface area contributed by atoms with Crippen molar-refractivity contribution in [2.75, 3.05) is 7.05 Å². The molecule has 0 fully saturated rings. The molecule has 4 heteroatoms. The lowest BCUT2D eigenvalue weighted by Gasteiger charge is -2.23. The first-order valence-corrected chi connectivity index (χ1v) is 4.38. The first kappa shape index (κ1) is 12.6. The Hall–Kier alpha value is -1.37. The third-order valence-corrected chi connectivity index (χ3v) is 2.21. The lowest BCUT2D eigenvalue weighted by Crippen LogP contribution is -2.33. The Labute approximate surface area is 83.8 Å². The second-order valence-corrected chi connectivity index (χ2v) is 3.31. The standard InChI is InChI=1S/C10H15FN2O/c1-7(13(4)9(3)14)5-10(6-12)8(2)11/h7H,5H2,1-4H3/b10-8-. The molecule has 0 saturated heterocycles. The molecular formula is C10H15FN2O. The molecule has 1 atom stereocenters. The molecule has 14 heavy (non-hydrogen) atoms. The zero-order chi connectivity index (χ0) is 11.3. The van der Waals surface area contributed by atoms with Gasteiger partial charge in [-0.2, -0.15) is 5.26 Å². The molecule has 0 N–H and O–H groups in total. The van der Waals surface area contributed by atoms with E-state index >= 15 is 0 Å². The lowest BCUT2D eigenvalue weighted by atomic mass is 10.1. The van der Waals surface area contributed by atoms with E-state index in [1.165, 1.54) is 18.7 Å². The van der Waals surface area contributed by atoms with Crippen molar-refractivity contribution < 1.29 is 9.18 Å². The molecule has 1 amide bonds. The maximum Gasteiger partial charge on any atom is 0.219 e. The summed E-state index contributed by atoms with van der Waals surface area (Å²) in [5, 5.41) is 8.61. The van der Waals surface area contributed by atoms with E-state index in [1.54, 1.807) is 20.0 Å². The Kier molecular flexibility index (Phi) is 4.85. The first-order chi connectivity index (χ1) is 6.40. The Morgan fingerprint density at radius 1 is 1.57 bits per heavy atom. The van der Waals surface area contributed by atoms with E-state index in [2.05, 4.69) is 0 Å². The molecule has 0 radical (unpaired) electrons. The molecule has 0 spiro atoms. The molecular weight excluding hydrogens is 183 g/mol. The summed E-state index contributed by atoms with van der Waals surface area (Å²) in [7, 11) is 1.63. The highest BCUT2D eigenvalue weighted by molar-refractivity contribution is 5.73. The van der Waals surface area contributed by atoms with Gasteiger partial charge in [0.2, 0.25) is 5.91 Å². The van der Waals surface area contributed by atoms with Gasteiger partial charge in [0.25, 0.3) is 0 Å². The third kappa shape index (κ3) is 3.56. The van der Waals surface area contributed by atoms with Crippen LogP contribution in [0.3, 0.4) is 0 Å². The number of halogens is 1. The quantitative estimate of drug-likeness (QED) is 0.651. The van der Waals surface area contributed by atoms with E-state index < -0.39 is 5.83 Å². The molecule has 0 aromatic heterocycles. The van der Waals surface area contributed by atoms with Gasteiger partial charge >= 0.3 is 0 Å². The topological polar surface area (TPSA) is 44.1 Å². The third-order valence-electron chi connectivity index (χ3n) is 2.21. The van der Waals surface area contributed by atoms with Crippen LogP contribution in [0, 0.1) is 11.3 Å². The molecule has 0 aliphatic rings. The van der Waals surface area contributed by atoms with Crippen molar-refractivity contribution >= 4 is 5.91 Å². The van der Waals surface area contributed by atoms with Crippen molar-refractivity contribution in [2.24, 2.45) is 0 Å². The average Bonchev–Trinajstić information content (AvgIpc) is 2.11. The fourth-order valence-corrected chi connectivity index (χ4v) is 1.01. The van der Waals surface area contributed by atoms with Gasteiger partial charge in [0.1, 0.15) is 5.83 Å². The van der Waals surface area contributed by atoms with E-state index in [1.807, 2.05) is 0 Å². The van der Waals surface area contributed by atoms with Gasteiger partial charge in [0, 0.05) is 26.4 Å². The lowest BCUT2D eigenvalue weighted by molar-refractivity contribution is -0.129. The number of carbonyl (C=O) groups is 1. The van der Waals surface area contributed by atoms with Crippen LogP contribution in [0.4, 0.5) is 4.39 Å². The van der Waals surface area contributed by atoms with Crippen molar-refractivity contribution in [1.82, 2.24) is 4.90 Å². The maximum absolute atomic E-state index is 12.7. The molecule has 0 bridgehead atoms. The number of carbonyl (C=O) groups excluding carboxylic acids is 1. The van der Waals surface area contributed by atoms with Gasteiger partial charge in [-0.25, -0.2) is 4.39 Å². The fraction of sp³-hybridized carbons (Fsp3) is 0.600. The minimum Gasteiger partial charge on any atom is -0.343 e. The Balaban J connectivity index is 4.48. The molecule has 0 aliphatic heterocycles. The van der Waals surface area contributed by atoms with E-state index in [4.69, 9.17) is 5.26 Å². The van der Waals surface area contributed by atoms with Gasteiger partial charge in [-0.15, -0.1) is 0 Å². The number of hydrogen-bond acceptors (Lipinski definition) is 2. The van der Waals surface area contributed by atoms with Crippen LogP contribution in [-0.4, -0.2) is 23.9 Å². The van der Waals surface area contributed by atoms with Crippen LogP contribution in [0.25, 0.3) is 0 Å². The van der Waals surface area contributed by atoms with Gasteiger partial charge in [0.05, 0.1) is 11.6 Å². The van der Waals surface area contributed by atoms with Crippen molar-refractivity contribution in [3.63, 3.8) is 0 Å². The highest BCUT2D eigenvalue weighted by Gasteiger charge is 2.14. The van der Waals surface area contributed by atoms with E-state index in [0.29, 0.717) is 0 Å². The smallest absolute Gasteiger partial charge is 0.219 e. The number of hydrogen-bond donors (Lipinski definition) is 0. The first-order valence-electron chi connectivity index (χ1n) is 4.38. The summed E-state index contributed by atoms with van der Waals surface area (Å²) < 4.78 is 12.7. The molecule has 1 unspecified atom stereocenters. The molecule has 0 aliphatic carbocycles. The number of nitrogens with zero attached hydrogens (tertiary/aromatic N) is 2. The Bertz CT molecular complexity index is 287. The molecule has 0 aromatic carbocycles. The van der Waals surface area contributed by atoms with Gasteiger partial charge in [-0.1, -0.05) is 0 Å². The highest BCUT2D eigenvalue weighted by atomic mass is 19.1. The summed E-state index contributed by atoms with van der Waals surface area (Å²) in [5.74, 6) is -0.567. The Morgan fingerprint density at radius 2 is 2.07 bits per heavy atom. The van der Waals surface area contributed by atoms with Crippen LogP contribution in [0.2, 0.25) is 0 Å². The van der Waals surface area contributed by atoms with E-state index in [9.17, 15) is 9.18 Å². The second-order valence-electron chi connectivity index (χ2n) is 3.31. The number of rotatable bonds is 3. The molecule has 0 rings (SSSR count). The number of nitriles is 1. The molecule has 0 heterocycles. The van der Waals surface area contributed by atoms with Crippen LogP contribution < -0.4 is 0 Å². The van der Waals surface area contributed by atoms with Gasteiger partial charge in [-0.05, 0) is 13.8 Å². The van der Waals surface area contributed by atoms with Crippen molar-refractivity contribution in [3.05, 3.63) is 11.4 Å². The minimum absolute atomic E-state index is 0.0914. The summed E-state index contributed by atoms with van der Waals surface area (Å²) >= 11 is 0. The van der Waals surface area contributed by atoms with Crippen LogP contribution in [-0.2, 0) is 4.79 Å².